The lowest BCUT2D eigenvalue weighted by Gasteiger charge is -2.35. The van der Waals surface area contributed by atoms with Gasteiger partial charge in [-0.3, -0.25) is 18.9 Å². The first-order valence-corrected chi connectivity index (χ1v) is 17.7. The zero-order chi connectivity index (χ0) is 33.4. The molecule has 1 fully saturated rings. The monoisotopic (exact) mass is 690 g/mol. The predicted octanol–water partition coefficient (Wildman–Crippen LogP) is 5.95. The van der Waals surface area contributed by atoms with Gasteiger partial charge in [-0.15, -0.1) is 22.7 Å². The maximum atomic E-state index is 14.3. The van der Waals surface area contributed by atoms with Crippen LogP contribution in [-0.2, 0) is 26.2 Å². The molecule has 4 N–H and O–H groups in total. The number of nitrogens with zero attached hydrogens (tertiary/aromatic N) is 2. The second-order valence-electron chi connectivity index (χ2n) is 12.2. The third kappa shape index (κ3) is 7.21. The van der Waals surface area contributed by atoms with Crippen molar-refractivity contribution < 1.29 is 37.5 Å². The predicted molar refractivity (Wildman–Crippen MR) is 173 cm³/mol. The molecule has 0 radical (unpaired) electrons. The van der Waals surface area contributed by atoms with Crippen LogP contribution >= 0.6 is 30.3 Å². The molecular weight excluding hydrogens is 657 g/mol. The quantitative estimate of drug-likeness (QED) is 0.159. The van der Waals surface area contributed by atoms with Crippen LogP contribution in [0.2, 0.25) is 0 Å². The second-order valence-corrected chi connectivity index (χ2v) is 16.0. The van der Waals surface area contributed by atoms with E-state index in [1.807, 2.05) is 30.3 Å². The van der Waals surface area contributed by atoms with E-state index >= 15 is 0 Å². The summed E-state index contributed by atoms with van der Waals surface area (Å²) in [6, 6.07) is 12.6. The Morgan fingerprint density at radius 3 is 2.48 bits per heavy atom. The van der Waals surface area contributed by atoms with Crippen LogP contribution < -0.4 is 10.6 Å². The van der Waals surface area contributed by atoms with E-state index in [0.29, 0.717) is 35.6 Å². The molecule has 4 aromatic rings. The lowest BCUT2D eigenvalue weighted by Crippen LogP contribution is -2.57. The highest BCUT2D eigenvalue weighted by Gasteiger charge is 2.50. The van der Waals surface area contributed by atoms with E-state index in [-0.39, 0.29) is 16.2 Å². The summed E-state index contributed by atoms with van der Waals surface area (Å²) < 4.78 is 40.3. The fraction of sp³-hybridized carbons (Fsp3) is 0.355. The van der Waals surface area contributed by atoms with Crippen LogP contribution in [-0.4, -0.2) is 56.0 Å². The summed E-state index contributed by atoms with van der Waals surface area (Å²) in [5, 5.41) is 6.26. The minimum atomic E-state index is -5.77. The average molecular weight is 691 g/mol. The summed E-state index contributed by atoms with van der Waals surface area (Å²) in [4.78, 5) is 65.8. The third-order valence-corrected chi connectivity index (χ3v) is 10.7. The first-order chi connectivity index (χ1) is 21.5. The highest BCUT2D eigenvalue weighted by Crippen LogP contribution is 2.59. The summed E-state index contributed by atoms with van der Waals surface area (Å²) in [7, 11) is -5.77. The van der Waals surface area contributed by atoms with E-state index in [2.05, 4.69) is 15.6 Å². The molecule has 0 saturated carbocycles. The molecule has 244 valence electrons. The number of rotatable bonds is 9. The van der Waals surface area contributed by atoms with Crippen LogP contribution in [0.3, 0.4) is 0 Å². The number of carbonyl (C=O) groups is 3. The van der Waals surface area contributed by atoms with E-state index in [4.69, 9.17) is 9.79 Å². The van der Waals surface area contributed by atoms with E-state index < -0.39 is 48.1 Å². The van der Waals surface area contributed by atoms with Crippen LogP contribution in [0.25, 0.3) is 10.1 Å². The van der Waals surface area contributed by atoms with Crippen LogP contribution in [0, 0.1) is 5.41 Å². The molecule has 46 heavy (non-hydrogen) atoms. The number of aromatic nitrogens is 1. The van der Waals surface area contributed by atoms with E-state index in [0.717, 1.165) is 33.9 Å². The van der Waals surface area contributed by atoms with Crippen molar-refractivity contribution in [3.8, 4) is 0 Å². The van der Waals surface area contributed by atoms with Crippen molar-refractivity contribution in [3.05, 3.63) is 81.7 Å². The van der Waals surface area contributed by atoms with Gasteiger partial charge in [0.1, 0.15) is 12.1 Å². The number of nitrogens with one attached hydrogen (secondary N) is 2. The molecule has 1 aliphatic rings. The normalized spacial score (nSPS) is 16.4. The van der Waals surface area contributed by atoms with Crippen molar-refractivity contribution in [1.29, 1.82) is 0 Å². The minimum Gasteiger partial charge on any atom is -0.339 e. The second kappa shape index (κ2) is 12.9. The van der Waals surface area contributed by atoms with Gasteiger partial charge in [0.05, 0.1) is 4.88 Å². The molecule has 1 aliphatic heterocycles. The van der Waals surface area contributed by atoms with E-state index in [1.165, 1.54) is 28.4 Å². The number of thiophene rings is 1. The Hall–Kier alpha value is -3.55. The summed E-state index contributed by atoms with van der Waals surface area (Å²) in [5.74, 6) is -1.41. The standard InChI is InChI=1S/C31H33F2N4O6PS2/c1-30(2,3)25(35-27(39)24-16-19-15-20(11-12-23(19)46-24)31(32,33)44(41,42)43)28(40)37-13-7-10-22(37)26(38)36-29-34-17-21(45-29)14-18-8-5-4-6-9-18/h4-6,8-9,11-12,15-17,22,25H,7,10,13-14H2,1-3H3,(H,35,39)(H,34,36,38)(H2,41,42,43)/t22-,25+/m0/s1. The van der Waals surface area contributed by atoms with Crippen molar-refractivity contribution in [2.24, 2.45) is 5.41 Å². The van der Waals surface area contributed by atoms with Gasteiger partial charge < -0.3 is 25.3 Å². The Kier molecular flexibility index (Phi) is 9.49. The Labute approximate surface area is 272 Å². The molecule has 0 spiro atoms. The lowest BCUT2D eigenvalue weighted by molar-refractivity contribution is -0.140. The highest BCUT2D eigenvalue weighted by molar-refractivity contribution is 7.52. The molecule has 0 aliphatic carbocycles. The number of carbonyl (C=O) groups excluding carboxylic acids is 3. The molecule has 5 rings (SSSR count). The van der Waals surface area contributed by atoms with Crippen LogP contribution in [0.4, 0.5) is 13.9 Å². The number of likely N-dealkylation sites (tertiary alicyclic amines) is 1. The molecule has 2 atom stereocenters. The smallest absolute Gasteiger partial charge is 0.339 e. The van der Waals surface area contributed by atoms with Gasteiger partial charge >= 0.3 is 13.3 Å². The number of benzene rings is 2. The SMILES string of the molecule is CC(C)(C)[C@H](NC(=O)c1cc2cc(C(F)(F)P(=O)(O)O)ccc2s1)C(=O)N1CCC[C@H]1C(=O)Nc1ncc(Cc2ccccc2)s1. The lowest BCUT2D eigenvalue weighted by atomic mass is 9.85. The van der Waals surface area contributed by atoms with E-state index in [9.17, 15) is 27.7 Å². The van der Waals surface area contributed by atoms with Crippen molar-refractivity contribution in [3.63, 3.8) is 0 Å². The molecule has 1 saturated heterocycles. The Morgan fingerprint density at radius 1 is 1.09 bits per heavy atom. The number of fused-ring (bicyclic) bond motifs is 1. The Bertz CT molecular complexity index is 1820. The fourth-order valence-corrected chi connectivity index (χ4v) is 7.53. The molecule has 2 aromatic heterocycles. The summed E-state index contributed by atoms with van der Waals surface area (Å²) >= 11 is 2.36. The number of anilines is 1. The molecule has 10 nitrogen and oxygen atoms in total. The summed E-state index contributed by atoms with van der Waals surface area (Å²) in [6.07, 6.45) is 3.44. The summed E-state index contributed by atoms with van der Waals surface area (Å²) in [5.41, 5.74) is -4.90. The highest BCUT2D eigenvalue weighted by atomic mass is 32.1. The first-order valence-electron chi connectivity index (χ1n) is 14.4. The number of halogens is 2. The number of alkyl halides is 2. The third-order valence-electron chi connectivity index (χ3n) is 7.69. The first kappa shape index (κ1) is 33.8. The topological polar surface area (TPSA) is 149 Å². The molecular formula is C31H33F2N4O6PS2. The average Bonchev–Trinajstić information content (AvgIpc) is 3.74. The number of hydrogen-bond acceptors (Lipinski definition) is 7. The maximum absolute atomic E-state index is 14.3. The largest absolute Gasteiger partial charge is 0.399 e. The van der Waals surface area contributed by atoms with Crippen molar-refractivity contribution in [2.75, 3.05) is 11.9 Å². The Morgan fingerprint density at radius 2 is 1.80 bits per heavy atom. The minimum absolute atomic E-state index is 0.125. The maximum Gasteiger partial charge on any atom is 0.399 e. The van der Waals surface area contributed by atoms with Gasteiger partial charge in [0, 0.05) is 34.3 Å². The molecule has 3 amide bonds. The van der Waals surface area contributed by atoms with E-state index in [1.54, 1.807) is 27.0 Å². The number of hydrogen-bond donors (Lipinski definition) is 4. The molecule has 15 heteroatoms. The molecule has 0 unspecified atom stereocenters. The van der Waals surface area contributed by atoms with Gasteiger partial charge in [-0.1, -0.05) is 57.2 Å². The van der Waals surface area contributed by atoms with Gasteiger partial charge in [0.15, 0.2) is 5.13 Å². The fourth-order valence-electron chi connectivity index (χ4n) is 5.26. The van der Waals surface area contributed by atoms with Crippen LogP contribution in [0.5, 0.6) is 0 Å². The Balaban J connectivity index is 1.29. The summed E-state index contributed by atoms with van der Waals surface area (Å²) in [6.45, 7) is 5.68. The van der Waals surface area contributed by atoms with Gasteiger partial charge in [-0.05, 0) is 47.4 Å². The zero-order valence-corrected chi connectivity index (χ0v) is 27.7. The van der Waals surface area contributed by atoms with Gasteiger partial charge in [-0.2, -0.15) is 8.78 Å². The van der Waals surface area contributed by atoms with Crippen LogP contribution in [0.15, 0.2) is 60.8 Å². The van der Waals surface area contributed by atoms with Gasteiger partial charge in [-0.25, -0.2) is 4.98 Å². The molecule has 3 heterocycles. The number of thiazole rings is 1. The van der Waals surface area contributed by atoms with Crippen molar-refractivity contribution in [2.45, 2.75) is 57.8 Å². The molecule has 0 bridgehead atoms. The zero-order valence-electron chi connectivity index (χ0n) is 25.2. The molecule has 2 aromatic carbocycles. The van der Waals surface area contributed by atoms with Crippen molar-refractivity contribution >= 4 is 63.2 Å². The van der Waals surface area contributed by atoms with Crippen molar-refractivity contribution in [1.82, 2.24) is 15.2 Å². The van der Waals surface area contributed by atoms with Gasteiger partial charge in [0.25, 0.3) is 5.91 Å². The number of amides is 3. The van der Waals surface area contributed by atoms with Crippen LogP contribution in [0.1, 0.15) is 59.3 Å². The van der Waals surface area contributed by atoms with Gasteiger partial charge in [0.2, 0.25) is 11.8 Å².